The molecule has 3 rings (SSSR count). The predicted octanol–water partition coefficient (Wildman–Crippen LogP) is 3.09. The van der Waals surface area contributed by atoms with Crippen molar-refractivity contribution in [3.8, 4) is 0 Å². The third-order valence-corrected chi connectivity index (χ3v) is 3.39. The van der Waals surface area contributed by atoms with E-state index in [1.54, 1.807) is 12.4 Å². The van der Waals surface area contributed by atoms with Crippen molar-refractivity contribution in [3.05, 3.63) is 65.6 Å². The molecule has 0 aliphatic carbocycles. The van der Waals surface area contributed by atoms with Gasteiger partial charge in [-0.1, -0.05) is 24.3 Å². The minimum absolute atomic E-state index is 0.333. The van der Waals surface area contributed by atoms with Gasteiger partial charge in [0.2, 0.25) is 0 Å². The molecule has 4 nitrogen and oxygen atoms in total. The molecule has 0 radical (unpaired) electrons. The fraction of sp³-hybridized carbons (Fsp3) is 0.125. The van der Waals surface area contributed by atoms with E-state index < -0.39 is 5.97 Å². The van der Waals surface area contributed by atoms with Crippen LogP contribution in [0.5, 0.6) is 0 Å². The quantitative estimate of drug-likeness (QED) is 0.792. The van der Waals surface area contributed by atoms with Crippen LogP contribution in [0.4, 0.5) is 0 Å². The summed E-state index contributed by atoms with van der Waals surface area (Å²) < 4.78 is 1.95. The van der Waals surface area contributed by atoms with Gasteiger partial charge in [0.1, 0.15) is 0 Å². The maximum absolute atomic E-state index is 11.4. The van der Waals surface area contributed by atoms with Gasteiger partial charge in [0.25, 0.3) is 0 Å². The number of aryl methyl sites for hydroxylation is 1. The number of carboxylic acid groups (broad SMARTS) is 1. The van der Waals surface area contributed by atoms with Crippen LogP contribution in [0.25, 0.3) is 10.9 Å². The molecule has 0 atom stereocenters. The highest BCUT2D eigenvalue weighted by molar-refractivity contribution is 6.04. The Morgan fingerprint density at radius 1 is 1.25 bits per heavy atom. The van der Waals surface area contributed by atoms with Crippen molar-refractivity contribution in [2.45, 2.75) is 13.5 Å². The Morgan fingerprint density at radius 3 is 2.80 bits per heavy atom. The Hall–Kier alpha value is -2.62. The van der Waals surface area contributed by atoms with Gasteiger partial charge in [-0.25, -0.2) is 4.79 Å². The van der Waals surface area contributed by atoms with E-state index in [0.29, 0.717) is 12.1 Å². The van der Waals surface area contributed by atoms with E-state index in [0.717, 1.165) is 22.2 Å². The summed E-state index contributed by atoms with van der Waals surface area (Å²) in [6.45, 7) is 2.55. The Bertz CT molecular complexity index is 776. The lowest BCUT2D eigenvalue weighted by Crippen LogP contribution is -2.01. The molecule has 0 amide bonds. The highest BCUT2D eigenvalue weighted by Gasteiger charge is 2.15. The van der Waals surface area contributed by atoms with Gasteiger partial charge in [-0.05, 0) is 24.6 Å². The number of aromatic carboxylic acids is 1. The summed E-state index contributed by atoms with van der Waals surface area (Å²) in [7, 11) is 0. The number of rotatable bonds is 3. The first-order valence-corrected chi connectivity index (χ1v) is 6.38. The molecule has 0 fully saturated rings. The second-order valence-electron chi connectivity index (χ2n) is 4.77. The number of para-hydroxylation sites is 1. The lowest BCUT2D eigenvalue weighted by molar-refractivity contribution is 0.0699. The molecule has 0 bridgehead atoms. The van der Waals surface area contributed by atoms with Gasteiger partial charge < -0.3 is 9.67 Å². The fourth-order valence-corrected chi connectivity index (χ4v) is 2.51. The summed E-state index contributed by atoms with van der Waals surface area (Å²) in [5, 5.41) is 10.1. The fourth-order valence-electron chi connectivity index (χ4n) is 2.51. The molecular formula is C16H14N2O2. The van der Waals surface area contributed by atoms with Crippen molar-refractivity contribution in [3.63, 3.8) is 0 Å². The van der Waals surface area contributed by atoms with E-state index >= 15 is 0 Å². The van der Waals surface area contributed by atoms with Gasteiger partial charge in [0, 0.05) is 17.8 Å². The van der Waals surface area contributed by atoms with Crippen molar-refractivity contribution >= 4 is 16.9 Å². The number of aromatic nitrogens is 2. The lowest BCUT2D eigenvalue weighted by Gasteiger charge is -2.06. The molecule has 4 heteroatoms. The van der Waals surface area contributed by atoms with Gasteiger partial charge in [0.15, 0.2) is 0 Å². The smallest absolute Gasteiger partial charge is 0.337 e. The van der Waals surface area contributed by atoms with E-state index in [1.165, 1.54) is 0 Å². The zero-order valence-corrected chi connectivity index (χ0v) is 11.1. The first-order valence-electron chi connectivity index (χ1n) is 6.38. The van der Waals surface area contributed by atoms with Crippen molar-refractivity contribution in [2.24, 2.45) is 0 Å². The van der Waals surface area contributed by atoms with Crippen molar-refractivity contribution in [1.82, 2.24) is 9.55 Å². The van der Waals surface area contributed by atoms with Gasteiger partial charge in [-0.3, -0.25) is 4.98 Å². The van der Waals surface area contributed by atoms with E-state index in [-0.39, 0.29) is 0 Å². The summed E-state index contributed by atoms with van der Waals surface area (Å²) >= 11 is 0. The first-order chi connectivity index (χ1) is 9.66. The predicted molar refractivity (Wildman–Crippen MR) is 77.0 cm³/mol. The van der Waals surface area contributed by atoms with Gasteiger partial charge >= 0.3 is 5.97 Å². The second kappa shape index (κ2) is 4.81. The molecule has 3 aromatic rings. The third-order valence-electron chi connectivity index (χ3n) is 3.39. The molecule has 0 saturated carbocycles. The van der Waals surface area contributed by atoms with Crippen molar-refractivity contribution < 1.29 is 9.90 Å². The summed E-state index contributed by atoms with van der Waals surface area (Å²) in [5.41, 5.74) is 3.26. The van der Waals surface area contributed by atoms with Gasteiger partial charge in [0.05, 0.1) is 23.3 Å². The molecule has 2 aromatic heterocycles. The van der Waals surface area contributed by atoms with Crippen LogP contribution in [0.3, 0.4) is 0 Å². The van der Waals surface area contributed by atoms with E-state index in [4.69, 9.17) is 0 Å². The minimum atomic E-state index is -0.902. The highest BCUT2D eigenvalue weighted by atomic mass is 16.4. The molecule has 100 valence electrons. The van der Waals surface area contributed by atoms with Crippen LogP contribution < -0.4 is 0 Å². The largest absolute Gasteiger partial charge is 0.478 e. The molecule has 20 heavy (non-hydrogen) atoms. The third kappa shape index (κ3) is 2.05. The van der Waals surface area contributed by atoms with E-state index in [1.807, 2.05) is 47.9 Å². The second-order valence-corrected chi connectivity index (χ2v) is 4.77. The maximum Gasteiger partial charge on any atom is 0.337 e. The number of fused-ring (bicyclic) bond motifs is 1. The summed E-state index contributed by atoms with van der Waals surface area (Å²) in [6.07, 6.45) is 3.43. The topological polar surface area (TPSA) is 55.1 Å². The number of nitrogens with zero attached hydrogens (tertiary/aromatic N) is 2. The monoisotopic (exact) mass is 266 g/mol. The zero-order valence-electron chi connectivity index (χ0n) is 11.1. The Labute approximate surface area is 116 Å². The van der Waals surface area contributed by atoms with Crippen molar-refractivity contribution in [1.29, 1.82) is 0 Å². The average molecular weight is 266 g/mol. The number of hydrogen-bond acceptors (Lipinski definition) is 2. The Kier molecular flexibility index (Phi) is 2.99. The Morgan fingerprint density at radius 2 is 2.10 bits per heavy atom. The molecule has 0 aliphatic rings. The molecular weight excluding hydrogens is 252 g/mol. The standard InChI is InChI=1S/C16H14N2O2/c1-11-5-4-7-13-14(16(19)20)10-18(15(11)13)9-12-6-2-3-8-17-12/h2-8,10H,9H2,1H3,(H,19,20). The lowest BCUT2D eigenvalue weighted by atomic mass is 10.1. The van der Waals surface area contributed by atoms with Crippen LogP contribution in [0.15, 0.2) is 48.8 Å². The van der Waals surface area contributed by atoms with Gasteiger partial charge in [-0.15, -0.1) is 0 Å². The molecule has 1 aromatic carbocycles. The molecule has 0 spiro atoms. The number of carboxylic acids is 1. The van der Waals surface area contributed by atoms with Crippen LogP contribution in [0.1, 0.15) is 21.6 Å². The summed E-state index contributed by atoms with van der Waals surface area (Å²) in [4.78, 5) is 15.7. The molecule has 0 saturated heterocycles. The highest BCUT2D eigenvalue weighted by Crippen LogP contribution is 2.25. The Balaban J connectivity index is 2.18. The number of pyridine rings is 1. The number of hydrogen-bond donors (Lipinski definition) is 1. The molecule has 0 unspecified atom stereocenters. The van der Waals surface area contributed by atoms with E-state index in [9.17, 15) is 9.90 Å². The van der Waals surface area contributed by atoms with Crippen LogP contribution in [-0.4, -0.2) is 20.6 Å². The first kappa shape index (κ1) is 12.4. The maximum atomic E-state index is 11.4. The minimum Gasteiger partial charge on any atom is -0.478 e. The normalized spacial score (nSPS) is 10.8. The number of benzene rings is 1. The summed E-state index contributed by atoms with van der Waals surface area (Å²) in [6, 6.07) is 11.5. The molecule has 2 heterocycles. The van der Waals surface area contributed by atoms with E-state index in [2.05, 4.69) is 4.98 Å². The van der Waals surface area contributed by atoms with Crippen molar-refractivity contribution in [2.75, 3.05) is 0 Å². The zero-order chi connectivity index (χ0) is 14.1. The van der Waals surface area contributed by atoms with Gasteiger partial charge in [-0.2, -0.15) is 0 Å². The summed E-state index contributed by atoms with van der Waals surface area (Å²) in [5.74, 6) is -0.902. The average Bonchev–Trinajstić information content (AvgIpc) is 2.80. The van der Waals surface area contributed by atoms with Crippen LogP contribution in [0.2, 0.25) is 0 Å². The number of carbonyl (C=O) groups is 1. The van der Waals surface area contributed by atoms with Crippen LogP contribution in [-0.2, 0) is 6.54 Å². The molecule has 1 N–H and O–H groups in total. The SMILES string of the molecule is Cc1cccc2c(C(=O)O)cn(Cc3ccccn3)c12. The van der Waals surface area contributed by atoms with Crippen LogP contribution >= 0.6 is 0 Å². The molecule has 0 aliphatic heterocycles. The van der Waals surface area contributed by atoms with Crippen LogP contribution in [0, 0.1) is 6.92 Å².